The van der Waals surface area contributed by atoms with E-state index in [4.69, 9.17) is 21.1 Å². The van der Waals surface area contributed by atoms with Crippen LogP contribution in [0, 0.1) is 0 Å². The quantitative estimate of drug-likeness (QED) is 0.0572. The number of nitrogens with zero attached hydrogens (tertiary/aromatic N) is 1. The number of carbonyl (C=O) groups excluding carboxylic acids is 5. The summed E-state index contributed by atoms with van der Waals surface area (Å²) in [5.41, 5.74) is 6.11. The molecule has 1 aromatic rings. The third-order valence-corrected chi connectivity index (χ3v) is 9.98. The highest BCUT2D eigenvalue weighted by molar-refractivity contribution is 8.08. The zero-order valence-electron chi connectivity index (χ0n) is 29.7. The van der Waals surface area contributed by atoms with Gasteiger partial charge in [-0.3, -0.25) is 43.3 Å². The molecule has 0 saturated carbocycles. The molecule has 0 bridgehead atoms. The number of aromatic nitrogens is 1. The number of carboxylic acid groups (broad SMARTS) is 4. The van der Waals surface area contributed by atoms with Gasteiger partial charge in [0, 0.05) is 36.1 Å². The van der Waals surface area contributed by atoms with Crippen molar-refractivity contribution >= 4 is 88.3 Å². The second-order valence-electron chi connectivity index (χ2n) is 12.5. The number of allylic oxidation sites excluding steroid dienone is 1. The smallest absolute Gasteiger partial charge is 0.328 e. The first-order valence-electron chi connectivity index (χ1n) is 16.9. The van der Waals surface area contributed by atoms with Crippen molar-refractivity contribution in [3.05, 3.63) is 28.3 Å². The van der Waals surface area contributed by atoms with Gasteiger partial charge in [0.2, 0.25) is 29.4 Å². The molecule has 3 rings (SSSR count). The first kappa shape index (κ1) is 44.9. The Bertz CT molecular complexity index is 1830. The minimum Gasteiger partial charge on any atom is -0.504 e. The van der Waals surface area contributed by atoms with Gasteiger partial charge in [-0.1, -0.05) is 0 Å². The molecule has 306 valence electrons. The van der Waals surface area contributed by atoms with E-state index in [1.54, 1.807) is 0 Å². The first-order chi connectivity index (χ1) is 26.4. The molecule has 0 spiro atoms. The van der Waals surface area contributed by atoms with Crippen molar-refractivity contribution in [1.82, 2.24) is 31.6 Å². The number of thioether (sulfide) groups is 1. The molecule has 1 unspecified atom stereocenters. The van der Waals surface area contributed by atoms with Gasteiger partial charge < -0.3 is 62.8 Å². The minimum atomic E-state index is -1.79. The van der Waals surface area contributed by atoms with Crippen LogP contribution < -0.4 is 32.3 Å². The lowest BCUT2D eigenvalue weighted by atomic mass is 9.91. The van der Waals surface area contributed by atoms with Crippen molar-refractivity contribution in [3.63, 3.8) is 0 Å². The lowest BCUT2D eigenvalue weighted by Gasteiger charge is -2.23. The monoisotopic (exact) mass is 826 g/mol. The normalized spacial score (nSPS) is 17.7. The largest absolute Gasteiger partial charge is 0.504 e. The highest BCUT2D eigenvalue weighted by atomic mass is 32.2. The minimum absolute atomic E-state index is 0.0665. The zero-order valence-corrected chi connectivity index (χ0v) is 31.5. The Labute approximate surface area is 327 Å². The number of aliphatic hydroxyl groups is 1. The number of rotatable bonds is 21. The zero-order chi connectivity index (χ0) is 41.9. The summed E-state index contributed by atoms with van der Waals surface area (Å²) in [6, 6.07) is -6.20. The Morgan fingerprint density at radius 1 is 0.911 bits per heavy atom. The molecule has 1 aromatic heterocycles. The highest BCUT2D eigenvalue weighted by Gasteiger charge is 2.39. The Morgan fingerprint density at radius 3 is 2.04 bits per heavy atom. The van der Waals surface area contributed by atoms with E-state index in [1.165, 1.54) is 0 Å². The fourth-order valence-corrected chi connectivity index (χ4v) is 6.92. The summed E-state index contributed by atoms with van der Waals surface area (Å²) in [7, 11) is 0. The van der Waals surface area contributed by atoms with Crippen LogP contribution in [0.2, 0.25) is 0 Å². The van der Waals surface area contributed by atoms with Gasteiger partial charge in [-0.15, -0.1) is 11.8 Å². The van der Waals surface area contributed by atoms with Gasteiger partial charge in [-0.05, 0) is 38.3 Å². The third-order valence-electron chi connectivity index (χ3n) is 8.43. The summed E-state index contributed by atoms with van der Waals surface area (Å²) in [6.45, 7) is 0.721. The van der Waals surface area contributed by atoms with E-state index in [0.717, 1.165) is 11.8 Å². The molecule has 56 heavy (non-hydrogen) atoms. The molecule has 13 N–H and O–H groups in total. The maximum absolute atomic E-state index is 14.0. The van der Waals surface area contributed by atoms with E-state index in [2.05, 4.69) is 49.2 Å². The summed E-state index contributed by atoms with van der Waals surface area (Å²) in [5, 5.41) is 60.6. The van der Waals surface area contributed by atoms with Crippen LogP contribution in [0.4, 0.5) is 0 Å². The van der Waals surface area contributed by atoms with Gasteiger partial charge in [0.25, 0.3) is 0 Å². The number of nitrogens with two attached hydrogens (primary N) is 1. The molecule has 0 saturated heterocycles. The number of nitrogens with one attached hydrogen (secondary N) is 6. The number of aliphatic carboxylic acids is 4. The number of carboxylic acids is 4. The Balaban J connectivity index is 1.97. The molecule has 1 aliphatic carbocycles. The number of hydrogen-bond donors (Lipinski definition) is 13. The van der Waals surface area contributed by atoms with Crippen LogP contribution in [0.15, 0.2) is 10.8 Å². The lowest BCUT2D eigenvalue weighted by Crippen LogP contribution is -2.49. The fraction of sp³-hybridized carbons (Fsp3) is 0.500. The number of Topliss-reactive ketones (excluding diaryl/α,β-unsaturated/α-hetero) is 1. The van der Waals surface area contributed by atoms with Crippen molar-refractivity contribution in [2.45, 2.75) is 69.2 Å². The van der Waals surface area contributed by atoms with Crippen LogP contribution in [0.25, 0.3) is 4.91 Å². The Morgan fingerprint density at radius 2 is 1.48 bits per heavy atom. The second-order valence-corrected chi connectivity index (χ2v) is 13.9. The topological polar surface area (TPSA) is 369 Å². The number of H-pyrrole nitrogens is 1. The van der Waals surface area contributed by atoms with Crippen LogP contribution in [0.3, 0.4) is 0 Å². The van der Waals surface area contributed by atoms with Gasteiger partial charge in [0.05, 0.1) is 16.2 Å². The average Bonchev–Trinajstić information content (AvgIpc) is 3.53. The maximum Gasteiger partial charge on any atom is 0.328 e. The molecule has 22 nitrogen and oxygen atoms in total. The van der Waals surface area contributed by atoms with E-state index in [-0.39, 0.29) is 34.4 Å². The van der Waals surface area contributed by atoms with E-state index >= 15 is 0 Å². The van der Waals surface area contributed by atoms with Crippen LogP contribution in [0.1, 0.15) is 66.0 Å². The first-order valence-corrected chi connectivity index (χ1v) is 18.5. The molecule has 0 aromatic carbocycles. The number of ketones is 1. The summed E-state index contributed by atoms with van der Waals surface area (Å²) in [6.07, 6.45) is -1.43. The molecule has 0 radical (unpaired) electrons. The molecule has 5 atom stereocenters. The summed E-state index contributed by atoms with van der Waals surface area (Å²) in [5.74, 6) is -11.4. The van der Waals surface area contributed by atoms with Crippen molar-refractivity contribution < 1.29 is 68.7 Å². The van der Waals surface area contributed by atoms with Crippen molar-refractivity contribution in [2.75, 3.05) is 31.1 Å². The van der Waals surface area contributed by atoms with Gasteiger partial charge in [-0.2, -0.15) is 12.6 Å². The molecule has 0 fully saturated rings. The van der Waals surface area contributed by atoms with Gasteiger partial charge in [0.15, 0.2) is 5.76 Å². The maximum atomic E-state index is 14.0. The Hall–Kier alpha value is -5.46. The van der Waals surface area contributed by atoms with Crippen LogP contribution in [0.5, 0.6) is 0 Å². The molecule has 2 heterocycles. The average molecular weight is 827 g/mol. The van der Waals surface area contributed by atoms with Crippen molar-refractivity contribution in [1.29, 1.82) is 0 Å². The van der Waals surface area contributed by atoms with Crippen LogP contribution >= 0.6 is 24.4 Å². The summed E-state index contributed by atoms with van der Waals surface area (Å²) in [4.78, 5) is 117. The number of aromatic amines is 1. The molecular formula is C32H42N8O14S2. The molecule has 2 aliphatic rings. The Kier molecular flexibility index (Phi) is 16.4. The number of amides is 4. The number of hydrogen-bond acceptors (Lipinski definition) is 15. The number of carbonyl (C=O) groups is 9. The summed E-state index contributed by atoms with van der Waals surface area (Å²) >= 11 is 4.72. The van der Waals surface area contributed by atoms with Gasteiger partial charge in [-0.25, -0.2) is 4.79 Å². The van der Waals surface area contributed by atoms with Crippen molar-refractivity contribution in [3.8, 4) is 0 Å². The SMILES string of the molecule is CC1NCCc2c1[nH]c1c2C(=O)C(=N[C@@H](CCC(=O)N[C@@H](CS)C(=O)NCC(=O)O)C(=O)O)C(O)=C1SC[C@H](NC(=O)CC[C@H](N)C(=O)O)C(=O)NCC(=O)O. The van der Waals surface area contributed by atoms with Crippen LogP contribution in [-0.2, 0) is 44.8 Å². The van der Waals surface area contributed by atoms with Gasteiger partial charge in [0.1, 0.15) is 43.0 Å². The second kappa shape index (κ2) is 20.5. The number of aliphatic imine (C=N–C) groups is 1. The number of thiol groups is 1. The van der Waals surface area contributed by atoms with E-state index in [1.807, 2.05) is 6.92 Å². The molecule has 24 heteroatoms. The summed E-state index contributed by atoms with van der Waals surface area (Å²) < 4.78 is 0. The molecular weight excluding hydrogens is 785 g/mol. The van der Waals surface area contributed by atoms with Gasteiger partial charge >= 0.3 is 23.9 Å². The predicted octanol–water partition coefficient (Wildman–Crippen LogP) is -2.45. The number of aliphatic hydroxyl groups excluding tert-OH is 1. The standard InChI is InChI=1S/C32H42N8O14S2/c1-12-23-13(6-7-34-12)22-24(40-23)28(56-11-17(30(50)36-9-21(45)46)38-18(41)4-2-14(33)31(51)52)27(48)25(26(22)47)39-15(32(53)54)3-5-19(42)37-16(10-55)29(49)35-8-20(43)44/h12,14-17,34,40,48,55H,2-11,33H2,1H3,(H,35,49)(H,36,50)(H,37,42)(H,38,41)(H,43,44)(H,45,46)(H,51,52)(H,53,54)/t12?,14-,15-,16-,17-/m0/s1. The predicted molar refractivity (Wildman–Crippen MR) is 199 cm³/mol. The lowest BCUT2D eigenvalue weighted by molar-refractivity contribution is -0.140. The van der Waals surface area contributed by atoms with E-state index in [9.17, 15) is 53.4 Å². The number of fused-ring (bicyclic) bond motifs is 3. The molecule has 4 amide bonds. The fourth-order valence-electron chi connectivity index (χ4n) is 5.56. The van der Waals surface area contributed by atoms with E-state index in [0.29, 0.717) is 24.2 Å². The van der Waals surface area contributed by atoms with Crippen LogP contribution in [-0.4, -0.2) is 145 Å². The molecule has 1 aliphatic heterocycles. The van der Waals surface area contributed by atoms with E-state index < -0.39 is 127 Å². The third kappa shape index (κ3) is 12.0. The highest BCUT2D eigenvalue weighted by Crippen LogP contribution is 2.41. The van der Waals surface area contributed by atoms with Crippen molar-refractivity contribution in [2.24, 2.45) is 10.7 Å².